The van der Waals surface area contributed by atoms with Crippen molar-refractivity contribution in [2.24, 2.45) is 5.92 Å². The van der Waals surface area contributed by atoms with Gasteiger partial charge in [0.1, 0.15) is 0 Å². The highest BCUT2D eigenvalue weighted by Crippen LogP contribution is 2.13. The van der Waals surface area contributed by atoms with Crippen molar-refractivity contribution in [1.82, 2.24) is 0 Å². The summed E-state index contributed by atoms with van der Waals surface area (Å²) in [6.45, 7) is 4.89. The zero-order chi connectivity index (χ0) is 24.4. The number of allylic oxidation sites excluding steroid dienone is 1. The van der Waals surface area contributed by atoms with E-state index in [4.69, 9.17) is 4.74 Å². The lowest BCUT2D eigenvalue weighted by atomic mass is 10.0. The van der Waals surface area contributed by atoms with Crippen LogP contribution in [0, 0.1) is 5.92 Å². The van der Waals surface area contributed by atoms with Crippen molar-refractivity contribution in [3.05, 3.63) is 12.2 Å². The molecule has 0 aromatic rings. The number of rotatable bonds is 25. The van der Waals surface area contributed by atoms with Gasteiger partial charge in [-0.2, -0.15) is 0 Å². The van der Waals surface area contributed by atoms with E-state index >= 15 is 0 Å². The van der Waals surface area contributed by atoms with Gasteiger partial charge < -0.3 is 9.84 Å². The van der Waals surface area contributed by atoms with Crippen molar-refractivity contribution < 1.29 is 19.4 Å². The Morgan fingerprint density at radius 3 is 1.55 bits per heavy atom. The number of carboxylic acid groups (broad SMARTS) is 1. The lowest BCUT2D eigenvalue weighted by molar-refractivity contribution is -0.150. The van der Waals surface area contributed by atoms with E-state index in [1.54, 1.807) is 6.08 Å². The molecule has 0 rings (SSSR count). The number of carbonyl (C=O) groups excluding carboxylic acids is 1. The Labute approximate surface area is 204 Å². The number of aliphatic carboxylic acids is 1. The minimum atomic E-state index is -0.950. The lowest BCUT2D eigenvalue weighted by Gasteiger charge is -2.08. The molecule has 0 amide bonds. The smallest absolute Gasteiger partial charge is 0.310 e. The van der Waals surface area contributed by atoms with E-state index in [1.807, 2.05) is 6.08 Å². The van der Waals surface area contributed by atoms with Gasteiger partial charge in [0.25, 0.3) is 0 Å². The summed E-state index contributed by atoms with van der Waals surface area (Å²) in [7, 11) is 0. The first kappa shape index (κ1) is 31.7. The normalized spacial score (nSPS) is 12.3. The first-order chi connectivity index (χ1) is 16.1. The molecule has 4 nitrogen and oxygen atoms in total. The van der Waals surface area contributed by atoms with Crippen molar-refractivity contribution >= 4 is 11.9 Å². The Kier molecular flexibility index (Phi) is 24.3. The van der Waals surface area contributed by atoms with E-state index in [1.165, 1.54) is 103 Å². The quantitative estimate of drug-likeness (QED) is 0.0828. The van der Waals surface area contributed by atoms with Gasteiger partial charge in [0.15, 0.2) is 0 Å². The molecule has 0 saturated heterocycles. The van der Waals surface area contributed by atoms with Gasteiger partial charge in [-0.1, -0.05) is 135 Å². The minimum Gasteiger partial charge on any atom is -0.481 e. The zero-order valence-electron chi connectivity index (χ0n) is 22.0. The van der Waals surface area contributed by atoms with Crippen molar-refractivity contribution in [2.75, 3.05) is 6.61 Å². The first-order valence-electron chi connectivity index (χ1n) is 14.2. The fourth-order valence-corrected chi connectivity index (χ4v) is 4.08. The summed E-state index contributed by atoms with van der Waals surface area (Å²) >= 11 is 0. The molecule has 0 aliphatic heterocycles. The maximum absolute atomic E-state index is 12.0. The molecule has 0 bridgehead atoms. The lowest BCUT2D eigenvalue weighted by Crippen LogP contribution is -2.18. The predicted molar refractivity (Wildman–Crippen MR) is 140 cm³/mol. The monoisotopic (exact) mass is 466 g/mol. The van der Waals surface area contributed by atoms with Crippen LogP contribution in [0.15, 0.2) is 12.2 Å². The van der Waals surface area contributed by atoms with Crippen LogP contribution in [-0.4, -0.2) is 23.7 Å². The van der Waals surface area contributed by atoms with Gasteiger partial charge in [-0.3, -0.25) is 9.59 Å². The third kappa shape index (κ3) is 23.6. The maximum atomic E-state index is 12.0. The van der Waals surface area contributed by atoms with Gasteiger partial charge in [-0.15, -0.1) is 0 Å². The highest BCUT2D eigenvalue weighted by molar-refractivity contribution is 5.80. The topological polar surface area (TPSA) is 63.6 Å². The molecule has 0 aliphatic carbocycles. The van der Waals surface area contributed by atoms with Crippen LogP contribution in [-0.2, 0) is 14.3 Å². The van der Waals surface area contributed by atoms with Gasteiger partial charge in [-0.05, 0) is 19.3 Å². The van der Waals surface area contributed by atoms with E-state index in [-0.39, 0.29) is 6.42 Å². The maximum Gasteiger partial charge on any atom is 0.310 e. The molecule has 0 heterocycles. The summed E-state index contributed by atoms with van der Waals surface area (Å²) in [4.78, 5) is 23.4. The molecular formula is C29H54O4. The summed E-state index contributed by atoms with van der Waals surface area (Å²) in [6.07, 6.45) is 28.3. The molecule has 0 radical (unpaired) electrons. The third-order valence-electron chi connectivity index (χ3n) is 6.31. The van der Waals surface area contributed by atoms with E-state index in [2.05, 4.69) is 13.8 Å². The van der Waals surface area contributed by atoms with Gasteiger partial charge in [-0.25, -0.2) is 0 Å². The molecule has 0 fully saturated rings. The van der Waals surface area contributed by atoms with Crippen LogP contribution in [0.3, 0.4) is 0 Å². The second-order valence-electron chi connectivity index (χ2n) is 9.60. The molecule has 0 spiro atoms. The Morgan fingerprint density at radius 2 is 1.09 bits per heavy atom. The zero-order valence-corrected chi connectivity index (χ0v) is 22.0. The van der Waals surface area contributed by atoms with E-state index in [0.717, 1.165) is 25.7 Å². The summed E-state index contributed by atoms with van der Waals surface area (Å²) in [5.74, 6) is -2.12. The number of hydrogen-bond acceptors (Lipinski definition) is 3. The molecule has 0 aromatic carbocycles. The summed E-state index contributed by atoms with van der Waals surface area (Å²) in [5.41, 5.74) is 0. The van der Waals surface area contributed by atoms with Crippen LogP contribution in [0.1, 0.15) is 149 Å². The van der Waals surface area contributed by atoms with Crippen LogP contribution in [0.25, 0.3) is 0 Å². The van der Waals surface area contributed by atoms with Crippen LogP contribution < -0.4 is 0 Å². The average Bonchev–Trinajstić information content (AvgIpc) is 2.80. The Bertz CT molecular complexity index is 472. The summed E-state index contributed by atoms with van der Waals surface area (Å²) in [6, 6.07) is 0. The molecular weight excluding hydrogens is 412 g/mol. The second-order valence-corrected chi connectivity index (χ2v) is 9.60. The van der Waals surface area contributed by atoms with Crippen molar-refractivity contribution in [3.8, 4) is 0 Å². The first-order valence-corrected chi connectivity index (χ1v) is 14.2. The van der Waals surface area contributed by atoms with Gasteiger partial charge in [0.2, 0.25) is 0 Å². The van der Waals surface area contributed by atoms with E-state index < -0.39 is 17.9 Å². The number of ether oxygens (including phenoxy) is 1. The van der Waals surface area contributed by atoms with Crippen LogP contribution in [0.5, 0.6) is 0 Å². The second kappa shape index (κ2) is 25.3. The number of carboxylic acids is 1. The Balaban J connectivity index is 3.68. The Hall–Kier alpha value is -1.32. The Morgan fingerprint density at radius 1 is 0.667 bits per heavy atom. The van der Waals surface area contributed by atoms with E-state index in [9.17, 15) is 14.7 Å². The number of unbranched alkanes of at least 4 members (excludes halogenated alkanes) is 18. The largest absolute Gasteiger partial charge is 0.481 e. The van der Waals surface area contributed by atoms with Gasteiger partial charge in [0.05, 0.1) is 18.9 Å². The number of hydrogen-bond donors (Lipinski definition) is 1. The fourth-order valence-electron chi connectivity index (χ4n) is 4.08. The van der Waals surface area contributed by atoms with Crippen LogP contribution >= 0.6 is 0 Å². The van der Waals surface area contributed by atoms with Crippen molar-refractivity contribution in [2.45, 2.75) is 149 Å². The summed E-state index contributed by atoms with van der Waals surface area (Å²) < 4.78 is 5.27. The van der Waals surface area contributed by atoms with Crippen molar-refractivity contribution in [1.29, 1.82) is 0 Å². The van der Waals surface area contributed by atoms with Gasteiger partial charge >= 0.3 is 11.9 Å². The molecule has 1 unspecified atom stereocenters. The minimum absolute atomic E-state index is 0.0682. The summed E-state index contributed by atoms with van der Waals surface area (Å²) in [5, 5.41) is 9.38. The molecule has 4 heteroatoms. The van der Waals surface area contributed by atoms with Gasteiger partial charge in [0, 0.05) is 0 Å². The molecule has 1 atom stereocenters. The highest BCUT2D eigenvalue weighted by Gasteiger charge is 2.19. The molecule has 0 saturated carbocycles. The standard InChI is InChI=1S/C29H54O4/c1-3-5-7-9-11-13-15-17-19-21-23-25-33-28(30)26-27(29(31)32)24-22-20-18-16-14-12-10-8-6-4-2/h22,24,27H,3-21,23,25-26H2,1-2H3,(H,31,32)/b24-22+. The SMILES string of the molecule is CCCCCCCCCC/C=C/C(CC(=O)OCCCCCCCCCCCCC)C(=O)O. The molecule has 1 N–H and O–H groups in total. The predicted octanol–water partition coefficient (Wildman–Crippen LogP) is 9.02. The third-order valence-corrected chi connectivity index (χ3v) is 6.31. The number of carbonyl (C=O) groups is 2. The molecule has 194 valence electrons. The van der Waals surface area contributed by atoms with Crippen molar-refractivity contribution in [3.63, 3.8) is 0 Å². The average molecular weight is 467 g/mol. The molecule has 0 aliphatic rings. The van der Waals surface area contributed by atoms with Crippen LogP contribution in [0.2, 0.25) is 0 Å². The molecule has 33 heavy (non-hydrogen) atoms. The highest BCUT2D eigenvalue weighted by atomic mass is 16.5. The fraction of sp³-hybridized carbons (Fsp3) is 0.862. The number of esters is 1. The van der Waals surface area contributed by atoms with E-state index in [0.29, 0.717) is 6.61 Å². The molecule has 0 aromatic heterocycles. The van der Waals surface area contributed by atoms with Crippen LogP contribution in [0.4, 0.5) is 0 Å².